The third-order valence-electron chi connectivity index (χ3n) is 5.68. The molecular formula is C24H34N4O3. The minimum absolute atomic E-state index is 0.144. The van der Waals surface area contributed by atoms with Crippen LogP contribution in [0.5, 0.6) is 0 Å². The Kier molecular flexibility index (Phi) is 8.14. The molecule has 0 aliphatic carbocycles. The second kappa shape index (κ2) is 11.0. The molecular weight excluding hydrogens is 392 g/mol. The summed E-state index contributed by atoms with van der Waals surface area (Å²) in [5, 5.41) is 3.37. The van der Waals surface area contributed by atoms with Crippen LogP contribution in [-0.2, 0) is 9.47 Å². The van der Waals surface area contributed by atoms with Gasteiger partial charge in [0.05, 0.1) is 23.5 Å². The predicted molar refractivity (Wildman–Crippen MR) is 126 cm³/mol. The van der Waals surface area contributed by atoms with Gasteiger partial charge in [0.2, 0.25) is 0 Å². The van der Waals surface area contributed by atoms with Gasteiger partial charge >= 0.3 is 5.97 Å². The summed E-state index contributed by atoms with van der Waals surface area (Å²) >= 11 is 0. The monoisotopic (exact) mass is 426 g/mol. The molecule has 1 saturated heterocycles. The van der Waals surface area contributed by atoms with E-state index >= 15 is 0 Å². The molecule has 3 rings (SSSR count). The van der Waals surface area contributed by atoms with Crippen LogP contribution in [0.3, 0.4) is 0 Å². The normalized spacial score (nSPS) is 15.5. The Morgan fingerprint density at radius 1 is 1.16 bits per heavy atom. The van der Waals surface area contributed by atoms with E-state index in [1.807, 2.05) is 18.2 Å². The Hall–Kier alpha value is -2.77. The number of hydrogen-bond acceptors (Lipinski definition) is 7. The third-order valence-corrected chi connectivity index (χ3v) is 5.68. The summed E-state index contributed by atoms with van der Waals surface area (Å²) in [4.78, 5) is 16.8. The molecule has 1 aliphatic rings. The van der Waals surface area contributed by atoms with Gasteiger partial charge < -0.3 is 25.4 Å². The van der Waals surface area contributed by atoms with Crippen LogP contribution < -0.4 is 16.0 Å². The predicted octanol–water partition coefficient (Wildman–Crippen LogP) is 4.08. The first-order chi connectivity index (χ1) is 15.0. The molecule has 7 nitrogen and oxygen atoms in total. The lowest BCUT2D eigenvalue weighted by atomic mass is 10.1. The second-order valence-electron chi connectivity index (χ2n) is 7.82. The molecule has 0 saturated carbocycles. The fourth-order valence-electron chi connectivity index (χ4n) is 3.62. The smallest absolute Gasteiger partial charge is 0.338 e. The van der Waals surface area contributed by atoms with E-state index in [0.29, 0.717) is 17.9 Å². The van der Waals surface area contributed by atoms with E-state index < -0.39 is 0 Å². The Balaban J connectivity index is 1.63. The lowest BCUT2D eigenvalue weighted by Gasteiger charge is -2.38. The molecule has 1 fully saturated rings. The van der Waals surface area contributed by atoms with Crippen molar-refractivity contribution in [1.82, 2.24) is 4.90 Å². The third kappa shape index (κ3) is 6.12. The molecule has 31 heavy (non-hydrogen) atoms. The fourth-order valence-corrected chi connectivity index (χ4v) is 3.62. The second-order valence-corrected chi connectivity index (χ2v) is 7.82. The van der Waals surface area contributed by atoms with Crippen LogP contribution in [0.1, 0.15) is 37.0 Å². The first-order valence-corrected chi connectivity index (χ1v) is 11.0. The number of methoxy groups -OCH3 is 1. The van der Waals surface area contributed by atoms with Gasteiger partial charge in [-0.05, 0) is 49.7 Å². The van der Waals surface area contributed by atoms with Crippen LogP contribution in [0.25, 0.3) is 0 Å². The molecule has 1 unspecified atom stereocenters. The van der Waals surface area contributed by atoms with Crippen molar-refractivity contribution < 1.29 is 14.3 Å². The number of carbonyl (C=O) groups excluding carboxylic acids is 1. The number of anilines is 4. The molecule has 0 radical (unpaired) electrons. The number of nitrogen functional groups attached to an aromatic ring is 1. The zero-order valence-corrected chi connectivity index (χ0v) is 18.8. The van der Waals surface area contributed by atoms with Crippen molar-refractivity contribution in [2.75, 3.05) is 55.8 Å². The number of hydrogen-bond donors (Lipinski definition) is 2. The number of nitrogens with zero attached hydrogens (tertiary/aromatic N) is 2. The number of piperazine rings is 1. The molecule has 0 bridgehead atoms. The highest BCUT2D eigenvalue weighted by Gasteiger charge is 2.21. The van der Waals surface area contributed by atoms with Gasteiger partial charge in [0.15, 0.2) is 0 Å². The van der Waals surface area contributed by atoms with Gasteiger partial charge in [0.25, 0.3) is 0 Å². The highest BCUT2D eigenvalue weighted by atomic mass is 16.5. The van der Waals surface area contributed by atoms with Gasteiger partial charge in [-0.15, -0.1) is 0 Å². The Morgan fingerprint density at radius 3 is 2.61 bits per heavy atom. The molecule has 0 amide bonds. The summed E-state index contributed by atoms with van der Waals surface area (Å²) in [5.41, 5.74) is 10.1. The van der Waals surface area contributed by atoms with Crippen LogP contribution in [-0.4, -0.2) is 57.0 Å². The molecule has 0 spiro atoms. The van der Waals surface area contributed by atoms with E-state index in [0.717, 1.165) is 50.4 Å². The van der Waals surface area contributed by atoms with Gasteiger partial charge in [0, 0.05) is 44.7 Å². The van der Waals surface area contributed by atoms with Crippen molar-refractivity contribution in [3.05, 3.63) is 48.0 Å². The van der Waals surface area contributed by atoms with Crippen LogP contribution in [0.2, 0.25) is 0 Å². The molecule has 1 heterocycles. The Bertz CT molecular complexity index is 866. The summed E-state index contributed by atoms with van der Waals surface area (Å²) in [7, 11) is 1.75. The minimum Gasteiger partial charge on any atom is -0.462 e. The summed E-state index contributed by atoms with van der Waals surface area (Å²) in [6.45, 7) is 8.41. The highest BCUT2D eigenvalue weighted by Crippen LogP contribution is 2.28. The largest absolute Gasteiger partial charge is 0.462 e. The number of esters is 1. The maximum Gasteiger partial charge on any atom is 0.338 e. The van der Waals surface area contributed by atoms with Gasteiger partial charge in [-0.2, -0.15) is 0 Å². The zero-order valence-electron chi connectivity index (χ0n) is 18.8. The van der Waals surface area contributed by atoms with E-state index in [2.05, 4.69) is 41.1 Å². The zero-order chi connectivity index (χ0) is 22.2. The average molecular weight is 427 g/mol. The van der Waals surface area contributed by atoms with Crippen molar-refractivity contribution in [2.24, 2.45) is 0 Å². The summed E-state index contributed by atoms with van der Waals surface area (Å²) in [6, 6.07) is 13.5. The van der Waals surface area contributed by atoms with Crippen LogP contribution >= 0.6 is 0 Å². The number of benzene rings is 2. The number of nitrogens with one attached hydrogen (secondary N) is 1. The minimum atomic E-state index is -0.337. The SMILES string of the molecule is CCCCOC(=O)c1ccc(Nc2cccc(N3CCN(C(C)OC)CC3)c2)c(N)c1. The van der Waals surface area contributed by atoms with Gasteiger partial charge in [-0.1, -0.05) is 19.4 Å². The van der Waals surface area contributed by atoms with Crippen molar-refractivity contribution in [3.8, 4) is 0 Å². The number of nitrogens with two attached hydrogens (primary N) is 1. The van der Waals surface area contributed by atoms with Gasteiger partial charge in [-0.25, -0.2) is 4.79 Å². The molecule has 1 aliphatic heterocycles. The number of unbranched alkanes of at least 4 members (excludes halogenated alkanes) is 1. The van der Waals surface area contributed by atoms with E-state index in [-0.39, 0.29) is 12.2 Å². The van der Waals surface area contributed by atoms with Crippen molar-refractivity contribution in [1.29, 1.82) is 0 Å². The highest BCUT2D eigenvalue weighted by molar-refractivity contribution is 5.92. The first-order valence-electron chi connectivity index (χ1n) is 11.0. The summed E-state index contributed by atoms with van der Waals surface area (Å²) in [5.74, 6) is -0.337. The average Bonchev–Trinajstić information content (AvgIpc) is 2.80. The molecule has 2 aromatic rings. The molecule has 3 N–H and O–H groups in total. The Morgan fingerprint density at radius 2 is 1.94 bits per heavy atom. The van der Waals surface area contributed by atoms with E-state index in [1.54, 1.807) is 19.2 Å². The van der Waals surface area contributed by atoms with Crippen LogP contribution in [0, 0.1) is 0 Å². The molecule has 1 atom stereocenters. The maximum atomic E-state index is 12.1. The van der Waals surface area contributed by atoms with Crippen molar-refractivity contribution >= 4 is 28.7 Å². The lowest BCUT2D eigenvalue weighted by molar-refractivity contribution is -0.0212. The first kappa shape index (κ1) is 22.9. The molecule has 7 heteroatoms. The summed E-state index contributed by atoms with van der Waals surface area (Å²) in [6.07, 6.45) is 1.99. The quantitative estimate of drug-likeness (QED) is 0.355. The fraction of sp³-hybridized carbons (Fsp3) is 0.458. The van der Waals surface area contributed by atoms with Gasteiger partial charge in [0.1, 0.15) is 6.23 Å². The van der Waals surface area contributed by atoms with E-state index in [9.17, 15) is 4.79 Å². The standard InChI is InChI=1S/C24H34N4O3/c1-4-5-15-31-24(29)19-9-10-23(22(25)16-19)26-20-7-6-8-21(17-20)28-13-11-27(12-14-28)18(2)30-3/h6-10,16-18,26H,4-5,11-15,25H2,1-3H3. The molecule has 168 valence electrons. The van der Waals surface area contributed by atoms with E-state index in [1.165, 1.54) is 5.69 Å². The van der Waals surface area contributed by atoms with Crippen LogP contribution in [0.4, 0.5) is 22.7 Å². The molecule has 0 aromatic heterocycles. The van der Waals surface area contributed by atoms with Crippen molar-refractivity contribution in [3.63, 3.8) is 0 Å². The van der Waals surface area contributed by atoms with Crippen molar-refractivity contribution in [2.45, 2.75) is 32.9 Å². The topological polar surface area (TPSA) is 80.1 Å². The van der Waals surface area contributed by atoms with Crippen LogP contribution in [0.15, 0.2) is 42.5 Å². The molecule has 2 aromatic carbocycles. The summed E-state index contributed by atoms with van der Waals surface area (Å²) < 4.78 is 10.7. The van der Waals surface area contributed by atoms with E-state index in [4.69, 9.17) is 15.2 Å². The number of carbonyl (C=O) groups is 1. The number of rotatable bonds is 9. The lowest BCUT2D eigenvalue weighted by Crippen LogP contribution is -2.50. The van der Waals surface area contributed by atoms with Gasteiger partial charge in [-0.3, -0.25) is 4.90 Å². The maximum absolute atomic E-state index is 12.1. The Labute approximate surface area is 185 Å². The number of ether oxygens (including phenoxy) is 2.